The van der Waals surface area contributed by atoms with E-state index in [-0.39, 0.29) is 34.8 Å². The number of nitriles is 1. The monoisotopic (exact) mass is 525 g/mol. The van der Waals surface area contributed by atoms with Gasteiger partial charge in [0.1, 0.15) is 17.7 Å². The smallest absolute Gasteiger partial charge is 0.348 e. The molecule has 0 bridgehead atoms. The van der Waals surface area contributed by atoms with Crippen molar-refractivity contribution in [2.24, 2.45) is 0 Å². The lowest BCUT2D eigenvalue weighted by atomic mass is 10.0. The molecular weight excluding hydrogens is 493 g/mol. The molecule has 39 heavy (non-hydrogen) atoms. The minimum Gasteiger partial charge on any atom is -0.348 e. The number of nitrogens with one attached hydrogen (secondary N) is 1. The van der Waals surface area contributed by atoms with Crippen LogP contribution in [0.4, 0.5) is 10.2 Å². The first kappa shape index (κ1) is 26.4. The molecule has 0 amide bonds. The van der Waals surface area contributed by atoms with Gasteiger partial charge in [-0.1, -0.05) is 26.0 Å². The van der Waals surface area contributed by atoms with E-state index in [1.807, 2.05) is 26.8 Å². The van der Waals surface area contributed by atoms with Crippen molar-refractivity contribution in [1.29, 1.82) is 5.26 Å². The number of hydrogen-bond donors (Lipinski definition) is 1. The topological polar surface area (TPSA) is 99.7 Å². The van der Waals surface area contributed by atoms with Crippen molar-refractivity contribution >= 4 is 16.9 Å². The molecule has 5 rings (SSSR count). The van der Waals surface area contributed by atoms with E-state index in [0.717, 1.165) is 24.3 Å². The van der Waals surface area contributed by atoms with Gasteiger partial charge in [0.05, 0.1) is 28.0 Å². The first-order chi connectivity index (χ1) is 18.6. The van der Waals surface area contributed by atoms with Crippen LogP contribution in [0.3, 0.4) is 0 Å². The molecule has 2 atom stereocenters. The molecule has 3 aromatic heterocycles. The fraction of sp³-hybridized carbons (Fsp3) is 0.367. The molecule has 4 aromatic rings. The Hall–Kier alpha value is -4.16. The lowest BCUT2D eigenvalue weighted by Gasteiger charge is -2.40. The Kier molecular flexibility index (Phi) is 6.91. The molecule has 0 saturated carbocycles. The van der Waals surface area contributed by atoms with Crippen molar-refractivity contribution in [3.8, 4) is 23.0 Å². The first-order valence-electron chi connectivity index (χ1n) is 13.2. The van der Waals surface area contributed by atoms with Gasteiger partial charge in [-0.05, 0) is 62.9 Å². The molecule has 1 N–H and O–H groups in total. The van der Waals surface area contributed by atoms with Crippen molar-refractivity contribution in [3.63, 3.8) is 0 Å². The van der Waals surface area contributed by atoms with E-state index in [1.165, 1.54) is 4.57 Å². The molecule has 1 aliphatic rings. The maximum absolute atomic E-state index is 15.4. The number of benzene rings is 1. The van der Waals surface area contributed by atoms with Gasteiger partial charge in [-0.15, -0.1) is 0 Å². The van der Waals surface area contributed by atoms with Crippen molar-refractivity contribution in [3.05, 3.63) is 75.2 Å². The second kappa shape index (κ2) is 10.2. The Bertz CT molecular complexity index is 1680. The van der Waals surface area contributed by atoms with Crippen molar-refractivity contribution in [2.75, 3.05) is 18.0 Å². The number of rotatable bonds is 4. The first-order valence-corrected chi connectivity index (χ1v) is 13.2. The van der Waals surface area contributed by atoms with E-state index in [0.29, 0.717) is 28.1 Å². The van der Waals surface area contributed by atoms with Crippen LogP contribution in [0.5, 0.6) is 0 Å². The Morgan fingerprint density at radius 1 is 1.10 bits per heavy atom. The molecule has 9 heteroatoms. The van der Waals surface area contributed by atoms with E-state index >= 15 is 4.39 Å². The molecule has 200 valence electrons. The highest BCUT2D eigenvalue weighted by Crippen LogP contribution is 2.35. The SMILES string of the molecule is Cc1cccc(-c2nc3c(cc2C#N)c(N2[C@H](C)CNC[C@@H]2C)nc(=O)n3-c2c(C)ccnc2C(C)C)c1F. The van der Waals surface area contributed by atoms with Crippen LogP contribution in [0.15, 0.2) is 41.3 Å². The molecule has 0 aliphatic carbocycles. The molecule has 0 radical (unpaired) electrons. The molecule has 0 unspecified atom stereocenters. The average molecular weight is 526 g/mol. The van der Waals surface area contributed by atoms with Gasteiger partial charge in [0.25, 0.3) is 0 Å². The van der Waals surface area contributed by atoms with E-state index in [9.17, 15) is 10.1 Å². The highest BCUT2D eigenvalue weighted by molar-refractivity contribution is 5.92. The zero-order chi connectivity index (χ0) is 28.0. The van der Waals surface area contributed by atoms with Crippen molar-refractivity contribution < 1.29 is 4.39 Å². The zero-order valence-electron chi connectivity index (χ0n) is 23.1. The summed E-state index contributed by atoms with van der Waals surface area (Å²) in [7, 11) is 0. The van der Waals surface area contributed by atoms with Gasteiger partial charge >= 0.3 is 5.69 Å². The van der Waals surface area contributed by atoms with Gasteiger partial charge in [-0.2, -0.15) is 10.2 Å². The normalized spacial score (nSPS) is 17.6. The number of fused-ring (bicyclic) bond motifs is 1. The van der Waals surface area contributed by atoms with Crippen molar-refractivity contribution in [2.45, 2.75) is 59.5 Å². The van der Waals surface area contributed by atoms with Gasteiger partial charge in [0.2, 0.25) is 0 Å². The van der Waals surface area contributed by atoms with Crippen LogP contribution < -0.4 is 15.9 Å². The lowest BCUT2D eigenvalue weighted by Crippen LogP contribution is -2.56. The number of hydrogen-bond acceptors (Lipinski definition) is 7. The van der Waals surface area contributed by atoms with Gasteiger partial charge in [0, 0.05) is 36.9 Å². The summed E-state index contributed by atoms with van der Waals surface area (Å²) < 4.78 is 16.8. The standard InChI is InChI=1S/C30H32FN7O/c1-16(2)25-27(18(4)10-11-34-25)38-28-23(29(36-30(38)39)37-19(5)14-33-15-20(37)6)12-21(13-32)26(35-28)22-9-7-8-17(3)24(22)31/h7-12,16,19-20,33H,14-15H2,1-6H3/t19-,20+. The number of pyridine rings is 2. The summed E-state index contributed by atoms with van der Waals surface area (Å²) >= 11 is 0. The molecule has 8 nitrogen and oxygen atoms in total. The molecular formula is C30H32FN7O. The van der Waals surface area contributed by atoms with Gasteiger partial charge < -0.3 is 10.2 Å². The Morgan fingerprint density at radius 3 is 2.49 bits per heavy atom. The molecule has 1 saturated heterocycles. The zero-order valence-corrected chi connectivity index (χ0v) is 23.1. The number of aryl methyl sites for hydroxylation is 2. The quantitative estimate of drug-likeness (QED) is 0.409. The average Bonchev–Trinajstić information content (AvgIpc) is 2.90. The van der Waals surface area contributed by atoms with E-state index in [4.69, 9.17) is 4.98 Å². The predicted octanol–water partition coefficient (Wildman–Crippen LogP) is 4.78. The maximum atomic E-state index is 15.4. The molecule has 1 fully saturated rings. The van der Waals surface area contributed by atoms with Crippen LogP contribution in [0.25, 0.3) is 28.0 Å². The number of piperazine rings is 1. The summed E-state index contributed by atoms with van der Waals surface area (Å²) in [4.78, 5) is 30.2. The summed E-state index contributed by atoms with van der Waals surface area (Å²) in [5.41, 5.74) is 3.04. The van der Waals surface area contributed by atoms with E-state index in [1.54, 1.807) is 37.4 Å². The number of nitrogens with zero attached hydrogens (tertiary/aromatic N) is 6. The van der Waals surface area contributed by atoms with Gasteiger partial charge in [0.15, 0.2) is 5.65 Å². The van der Waals surface area contributed by atoms with E-state index < -0.39 is 11.5 Å². The Morgan fingerprint density at radius 2 is 1.82 bits per heavy atom. The van der Waals surface area contributed by atoms with E-state index in [2.05, 4.69) is 40.1 Å². The Labute approximate surface area is 227 Å². The maximum Gasteiger partial charge on any atom is 0.355 e. The van der Waals surface area contributed by atoms with Crippen LogP contribution >= 0.6 is 0 Å². The van der Waals surface area contributed by atoms with Crippen LogP contribution in [0, 0.1) is 31.0 Å². The summed E-state index contributed by atoms with van der Waals surface area (Å²) in [6.45, 7) is 13.2. The summed E-state index contributed by atoms with van der Waals surface area (Å²) in [6, 6.07) is 10.9. The van der Waals surface area contributed by atoms with Crippen molar-refractivity contribution in [1.82, 2.24) is 24.8 Å². The second-order valence-electron chi connectivity index (χ2n) is 10.6. The fourth-order valence-electron chi connectivity index (χ4n) is 5.48. The van der Waals surface area contributed by atoms with Gasteiger partial charge in [-0.3, -0.25) is 4.98 Å². The highest BCUT2D eigenvalue weighted by atomic mass is 19.1. The second-order valence-corrected chi connectivity index (χ2v) is 10.6. The number of anilines is 1. The number of aromatic nitrogens is 4. The molecule has 0 spiro atoms. The Balaban J connectivity index is 1.96. The van der Waals surface area contributed by atoms with Crippen LogP contribution in [-0.4, -0.2) is 44.7 Å². The van der Waals surface area contributed by atoms with Crippen LogP contribution in [-0.2, 0) is 0 Å². The highest BCUT2D eigenvalue weighted by Gasteiger charge is 2.30. The minimum atomic E-state index is -0.499. The molecule has 1 aliphatic heterocycles. The number of halogens is 1. The fourth-order valence-corrected chi connectivity index (χ4v) is 5.48. The predicted molar refractivity (Wildman–Crippen MR) is 151 cm³/mol. The van der Waals surface area contributed by atoms with Crippen LogP contribution in [0.1, 0.15) is 56.0 Å². The van der Waals surface area contributed by atoms with Gasteiger partial charge in [-0.25, -0.2) is 18.7 Å². The third kappa shape index (κ3) is 4.45. The third-order valence-corrected chi connectivity index (χ3v) is 7.41. The largest absolute Gasteiger partial charge is 0.355 e. The summed E-state index contributed by atoms with van der Waals surface area (Å²) in [5.74, 6) is 0.0382. The minimum absolute atomic E-state index is 0.0156. The lowest BCUT2D eigenvalue weighted by molar-refractivity contribution is 0.429. The summed E-state index contributed by atoms with van der Waals surface area (Å²) in [6.07, 6.45) is 1.72. The van der Waals surface area contributed by atoms with Crippen LogP contribution in [0.2, 0.25) is 0 Å². The summed E-state index contributed by atoms with van der Waals surface area (Å²) in [5, 5.41) is 14.1. The molecule has 4 heterocycles. The molecule has 1 aromatic carbocycles. The third-order valence-electron chi connectivity index (χ3n) is 7.41.